The normalized spacial score (nSPS) is 11.2. The van der Waals surface area contributed by atoms with Crippen LogP contribution in [0.5, 0.6) is 11.5 Å². The topological polar surface area (TPSA) is 55.4 Å². The van der Waals surface area contributed by atoms with Gasteiger partial charge in [-0.3, -0.25) is 0 Å². The van der Waals surface area contributed by atoms with E-state index in [1.807, 2.05) is 61.5 Å². The molecule has 4 nitrogen and oxygen atoms in total. The van der Waals surface area contributed by atoms with Gasteiger partial charge in [-0.1, -0.05) is 48.0 Å². The average Bonchev–Trinajstić information content (AvgIpc) is 2.62. The quantitative estimate of drug-likeness (QED) is 0.720. The van der Waals surface area contributed by atoms with Crippen molar-refractivity contribution in [1.29, 1.82) is 0 Å². The first-order chi connectivity index (χ1) is 12.0. The summed E-state index contributed by atoms with van der Waals surface area (Å²) in [7, 11) is -3.57. The maximum absolute atomic E-state index is 12.4. The molecule has 0 aromatic heterocycles. The van der Waals surface area contributed by atoms with Gasteiger partial charge >= 0.3 is 0 Å². The third kappa shape index (κ3) is 4.68. The van der Waals surface area contributed by atoms with Gasteiger partial charge in [-0.15, -0.1) is 0 Å². The number of benzene rings is 3. The lowest BCUT2D eigenvalue weighted by molar-refractivity contribution is 0.482. The zero-order valence-electron chi connectivity index (χ0n) is 13.8. The summed E-state index contributed by atoms with van der Waals surface area (Å²) in [5.41, 5.74) is 2.02. The van der Waals surface area contributed by atoms with Crippen LogP contribution >= 0.6 is 0 Å². The summed E-state index contributed by atoms with van der Waals surface area (Å²) in [4.78, 5) is 0.209. The van der Waals surface area contributed by atoms with Gasteiger partial charge in [0, 0.05) is 6.54 Å². The highest BCUT2D eigenvalue weighted by Crippen LogP contribution is 2.22. The summed E-state index contributed by atoms with van der Waals surface area (Å²) < 4.78 is 33.1. The van der Waals surface area contributed by atoms with Crippen molar-refractivity contribution in [3.63, 3.8) is 0 Å². The molecule has 3 rings (SSSR count). The lowest BCUT2D eigenvalue weighted by atomic mass is 10.1. The first-order valence-corrected chi connectivity index (χ1v) is 9.39. The fraction of sp³-hybridized carbons (Fsp3) is 0.100. The van der Waals surface area contributed by atoms with E-state index in [0.29, 0.717) is 11.5 Å². The van der Waals surface area contributed by atoms with Crippen molar-refractivity contribution in [3.8, 4) is 11.5 Å². The Morgan fingerprint density at radius 2 is 1.52 bits per heavy atom. The van der Waals surface area contributed by atoms with E-state index in [9.17, 15) is 8.42 Å². The summed E-state index contributed by atoms with van der Waals surface area (Å²) in [6.07, 6.45) is 0. The van der Waals surface area contributed by atoms with Crippen LogP contribution in [0.15, 0.2) is 83.8 Å². The summed E-state index contributed by atoms with van der Waals surface area (Å²) in [6, 6.07) is 23.5. The number of aryl methyl sites for hydroxylation is 1. The van der Waals surface area contributed by atoms with E-state index in [0.717, 1.165) is 11.1 Å². The molecule has 3 aromatic rings. The van der Waals surface area contributed by atoms with Crippen LogP contribution in [-0.2, 0) is 16.6 Å². The van der Waals surface area contributed by atoms with Crippen molar-refractivity contribution in [3.05, 3.63) is 90.0 Å². The van der Waals surface area contributed by atoms with E-state index in [1.165, 1.54) is 12.1 Å². The second-order valence-corrected chi connectivity index (χ2v) is 7.47. The Morgan fingerprint density at radius 1 is 0.840 bits per heavy atom. The lowest BCUT2D eigenvalue weighted by Crippen LogP contribution is -2.23. The van der Waals surface area contributed by atoms with Crippen molar-refractivity contribution in [2.75, 3.05) is 0 Å². The molecule has 0 unspecified atom stereocenters. The van der Waals surface area contributed by atoms with E-state index in [2.05, 4.69) is 4.72 Å². The number of hydrogen-bond donors (Lipinski definition) is 1. The fourth-order valence-electron chi connectivity index (χ4n) is 2.40. The van der Waals surface area contributed by atoms with Crippen LogP contribution in [0.1, 0.15) is 11.1 Å². The summed E-state index contributed by atoms with van der Waals surface area (Å²) in [6.45, 7) is 2.23. The van der Waals surface area contributed by atoms with Gasteiger partial charge < -0.3 is 4.74 Å². The highest BCUT2D eigenvalue weighted by Gasteiger charge is 2.13. The zero-order chi connectivity index (χ0) is 17.7. The van der Waals surface area contributed by atoms with Crippen LogP contribution < -0.4 is 9.46 Å². The van der Waals surface area contributed by atoms with Crippen LogP contribution in [0.4, 0.5) is 0 Å². The molecule has 0 spiro atoms. The average molecular weight is 353 g/mol. The summed E-state index contributed by atoms with van der Waals surface area (Å²) >= 11 is 0. The molecule has 3 aromatic carbocycles. The van der Waals surface area contributed by atoms with Crippen LogP contribution in [-0.4, -0.2) is 8.42 Å². The molecule has 0 aliphatic carbocycles. The fourth-order valence-corrected chi connectivity index (χ4v) is 3.41. The minimum Gasteiger partial charge on any atom is -0.457 e. The largest absolute Gasteiger partial charge is 0.457 e. The monoisotopic (exact) mass is 353 g/mol. The first-order valence-electron chi connectivity index (χ1n) is 7.91. The number of nitrogens with one attached hydrogen (secondary N) is 1. The van der Waals surface area contributed by atoms with Crippen LogP contribution in [0.25, 0.3) is 0 Å². The van der Waals surface area contributed by atoms with Gasteiger partial charge in [0.05, 0.1) is 4.90 Å². The van der Waals surface area contributed by atoms with Crippen molar-refractivity contribution >= 4 is 10.0 Å². The molecule has 0 radical (unpaired) electrons. The third-order valence-electron chi connectivity index (χ3n) is 3.66. The Morgan fingerprint density at radius 3 is 2.20 bits per heavy atom. The standard InChI is InChI=1S/C20H19NO3S/c1-16-6-5-7-17(14-16)15-21-25(22,23)20-12-10-19(11-13-20)24-18-8-3-2-4-9-18/h2-14,21H,15H2,1H3. The minimum atomic E-state index is -3.57. The smallest absolute Gasteiger partial charge is 0.240 e. The van der Waals surface area contributed by atoms with Gasteiger partial charge in [0.25, 0.3) is 0 Å². The lowest BCUT2D eigenvalue weighted by Gasteiger charge is -2.09. The molecule has 25 heavy (non-hydrogen) atoms. The highest BCUT2D eigenvalue weighted by atomic mass is 32.2. The number of rotatable bonds is 6. The van der Waals surface area contributed by atoms with Crippen LogP contribution in [0.2, 0.25) is 0 Å². The summed E-state index contributed by atoms with van der Waals surface area (Å²) in [5, 5.41) is 0. The molecule has 128 valence electrons. The molecule has 0 saturated carbocycles. The molecule has 0 heterocycles. The van der Waals surface area contributed by atoms with Crippen LogP contribution in [0.3, 0.4) is 0 Å². The molecule has 0 aliphatic rings. The molecular weight excluding hydrogens is 334 g/mol. The maximum Gasteiger partial charge on any atom is 0.240 e. The third-order valence-corrected chi connectivity index (χ3v) is 5.08. The minimum absolute atomic E-state index is 0.209. The molecule has 0 atom stereocenters. The molecular formula is C20H19NO3S. The van der Waals surface area contributed by atoms with Crippen molar-refractivity contribution in [1.82, 2.24) is 4.72 Å². The van der Waals surface area contributed by atoms with E-state index in [4.69, 9.17) is 4.74 Å². The molecule has 0 amide bonds. The van der Waals surface area contributed by atoms with E-state index in [1.54, 1.807) is 12.1 Å². The summed E-state index contributed by atoms with van der Waals surface area (Å²) in [5.74, 6) is 1.29. The van der Waals surface area contributed by atoms with E-state index in [-0.39, 0.29) is 11.4 Å². The van der Waals surface area contributed by atoms with Gasteiger partial charge in [-0.2, -0.15) is 0 Å². The molecule has 0 bridgehead atoms. The van der Waals surface area contributed by atoms with Crippen molar-refractivity contribution in [2.24, 2.45) is 0 Å². The van der Waals surface area contributed by atoms with E-state index >= 15 is 0 Å². The predicted octanol–water partition coefficient (Wildman–Crippen LogP) is 4.27. The molecule has 1 N–H and O–H groups in total. The van der Waals surface area contributed by atoms with Gasteiger partial charge in [0.15, 0.2) is 0 Å². The number of sulfonamides is 1. The Balaban J connectivity index is 1.68. The molecule has 0 fully saturated rings. The first kappa shape index (κ1) is 17.2. The van der Waals surface area contributed by atoms with Gasteiger partial charge in [-0.05, 0) is 48.9 Å². The Kier molecular flexibility index (Phi) is 5.16. The van der Waals surface area contributed by atoms with E-state index < -0.39 is 10.0 Å². The molecule has 0 aliphatic heterocycles. The van der Waals surface area contributed by atoms with Gasteiger partial charge in [0.1, 0.15) is 11.5 Å². The Bertz CT molecular complexity index is 936. The Hall–Kier alpha value is -2.63. The van der Waals surface area contributed by atoms with Gasteiger partial charge in [0.2, 0.25) is 10.0 Å². The molecule has 0 saturated heterocycles. The molecule has 5 heteroatoms. The van der Waals surface area contributed by atoms with Crippen molar-refractivity contribution in [2.45, 2.75) is 18.4 Å². The zero-order valence-corrected chi connectivity index (χ0v) is 14.7. The highest BCUT2D eigenvalue weighted by molar-refractivity contribution is 7.89. The number of ether oxygens (including phenoxy) is 1. The van der Waals surface area contributed by atoms with Crippen LogP contribution in [0, 0.1) is 6.92 Å². The SMILES string of the molecule is Cc1cccc(CNS(=O)(=O)c2ccc(Oc3ccccc3)cc2)c1. The number of hydrogen-bond acceptors (Lipinski definition) is 3. The van der Waals surface area contributed by atoms with Crippen molar-refractivity contribution < 1.29 is 13.2 Å². The maximum atomic E-state index is 12.4. The second kappa shape index (κ2) is 7.51. The number of para-hydroxylation sites is 1. The predicted molar refractivity (Wildman–Crippen MR) is 98.2 cm³/mol. The second-order valence-electron chi connectivity index (χ2n) is 5.70. The Labute approximate surface area is 148 Å². The van der Waals surface area contributed by atoms with Gasteiger partial charge in [-0.25, -0.2) is 13.1 Å².